The van der Waals surface area contributed by atoms with E-state index in [2.05, 4.69) is 9.97 Å². The number of anilines is 1. The molecule has 5 N–H and O–H groups in total. The van der Waals surface area contributed by atoms with Crippen LogP contribution in [0.1, 0.15) is 50.1 Å². The molecule has 20 heavy (non-hydrogen) atoms. The quantitative estimate of drug-likeness (QED) is 0.693. The molecule has 1 aliphatic heterocycles. The van der Waals surface area contributed by atoms with Gasteiger partial charge in [-0.2, -0.15) is 0 Å². The highest BCUT2D eigenvalue weighted by Crippen LogP contribution is 2.48. The summed E-state index contributed by atoms with van der Waals surface area (Å²) >= 11 is 0. The Bertz CT molecular complexity index is 595. The van der Waals surface area contributed by atoms with Crippen molar-refractivity contribution in [3.8, 4) is 0 Å². The molecule has 1 saturated carbocycles. The van der Waals surface area contributed by atoms with E-state index in [-0.39, 0.29) is 5.95 Å². The van der Waals surface area contributed by atoms with Crippen LogP contribution < -0.4 is 11.5 Å². The zero-order valence-electron chi connectivity index (χ0n) is 11.7. The van der Waals surface area contributed by atoms with Gasteiger partial charge in [0.05, 0.1) is 23.5 Å². The smallest absolute Gasteiger partial charge is 0.315 e. The predicted octanol–water partition coefficient (Wildman–Crippen LogP) is 0.560. The Balaban J connectivity index is 2.20. The molecular formula is C13H19N5O2. The minimum absolute atomic E-state index is 0.126. The number of rotatable bonds is 1. The van der Waals surface area contributed by atoms with Crippen LogP contribution in [0.15, 0.2) is 0 Å². The van der Waals surface area contributed by atoms with E-state index in [1.165, 1.54) is 4.90 Å². The van der Waals surface area contributed by atoms with Crippen LogP contribution in [0, 0.1) is 0 Å². The fourth-order valence-corrected chi connectivity index (χ4v) is 3.20. The molecular weight excluding hydrogens is 258 g/mol. The van der Waals surface area contributed by atoms with E-state index in [1.54, 1.807) is 0 Å². The lowest BCUT2D eigenvalue weighted by molar-refractivity contribution is -0.0446. The molecule has 0 saturated heterocycles. The number of urea groups is 1. The summed E-state index contributed by atoms with van der Waals surface area (Å²) < 4.78 is 0. The molecule has 7 nitrogen and oxygen atoms in total. The molecule has 7 heteroatoms. The highest BCUT2D eigenvalue weighted by Gasteiger charge is 2.49. The van der Waals surface area contributed by atoms with Gasteiger partial charge in [0.2, 0.25) is 5.95 Å². The summed E-state index contributed by atoms with van der Waals surface area (Å²) in [7, 11) is 0. The monoisotopic (exact) mass is 277 g/mol. The average Bonchev–Trinajstić information content (AvgIpc) is 2.57. The lowest BCUT2D eigenvalue weighted by Crippen LogP contribution is -2.45. The first-order chi connectivity index (χ1) is 9.25. The number of nitrogen functional groups attached to an aromatic ring is 1. The number of aliphatic hydroxyl groups is 1. The molecule has 1 fully saturated rings. The number of amides is 2. The van der Waals surface area contributed by atoms with Gasteiger partial charge in [-0.3, -0.25) is 0 Å². The summed E-state index contributed by atoms with van der Waals surface area (Å²) in [6.45, 7) is 4.07. The van der Waals surface area contributed by atoms with Gasteiger partial charge in [0, 0.05) is 5.56 Å². The number of hydrogen-bond acceptors (Lipinski definition) is 5. The number of primary amides is 1. The van der Waals surface area contributed by atoms with Gasteiger partial charge < -0.3 is 21.5 Å². The third kappa shape index (κ3) is 1.59. The van der Waals surface area contributed by atoms with Crippen LogP contribution in [0.25, 0.3) is 0 Å². The molecule has 0 unspecified atom stereocenters. The first kappa shape index (κ1) is 13.1. The lowest BCUT2D eigenvalue weighted by Gasteiger charge is -2.40. The van der Waals surface area contributed by atoms with Gasteiger partial charge in [-0.15, -0.1) is 0 Å². The molecule has 0 spiro atoms. The average molecular weight is 277 g/mol. The van der Waals surface area contributed by atoms with Crippen molar-refractivity contribution in [1.82, 2.24) is 14.9 Å². The molecule has 2 amide bonds. The normalized spacial score (nSPS) is 22.2. The fraction of sp³-hybridized carbons (Fsp3) is 0.615. The second-order valence-corrected chi connectivity index (χ2v) is 6.12. The Morgan fingerprint density at radius 2 is 2.00 bits per heavy atom. The number of carbonyl (C=O) groups excluding carboxylic acids is 1. The van der Waals surface area contributed by atoms with E-state index in [0.29, 0.717) is 30.8 Å². The third-order valence-electron chi connectivity index (χ3n) is 4.48. The number of carbonyl (C=O) groups is 1. The number of nitrogens with zero attached hydrogens (tertiary/aromatic N) is 3. The van der Waals surface area contributed by atoms with Crippen molar-refractivity contribution in [2.24, 2.45) is 5.73 Å². The third-order valence-corrected chi connectivity index (χ3v) is 4.48. The minimum Gasteiger partial charge on any atom is -0.384 e. The van der Waals surface area contributed by atoms with Gasteiger partial charge in [-0.05, 0) is 33.1 Å². The highest BCUT2D eigenvalue weighted by molar-refractivity contribution is 5.74. The van der Waals surface area contributed by atoms with Crippen molar-refractivity contribution in [1.29, 1.82) is 0 Å². The summed E-state index contributed by atoms with van der Waals surface area (Å²) in [5, 5.41) is 10.6. The van der Waals surface area contributed by atoms with E-state index in [0.717, 1.165) is 12.0 Å². The van der Waals surface area contributed by atoms with Crippen LogP contribution in [0.2, 0.25) is 0 Å². The maximum absolute atomic E-state index is 11.6. The van der Waals surface area contributed by atoms with Crippen LogP contribution in [0.5, 0.6) is 0 Å². The number of aromatic nitrogens is 2. The van der Waals surface area contributed by atoms with Crippen LogP contribution in [0.4, 0.5) is 10.7 Å². The van der Waals surface area contributed by atoms with E-state index in [4.69, 9.17) is 11.5 Å². The largest absolute Gasteiger partial charge is 0.384 e. The second kappa shape index (κ2) is 3.82. The Kier molecular flexibility index (Phi) is 2.50. The van der Waals surface area contributed by atoms with E-state index < -0.39 is 17.2 Å². The molecule has 1 aromatic rings. The fourth-order valence-electron chi connectivity index (χ4n) is 3.20. The van der Waals surface area contributed by atoms with Gasteiger partial charge in [-0.1, -0.05) is 0 Å². The van der Waals surface area contributed by atoms with Crippen molar-refractivity contribution in [2.75, 3.05) is 5.73 Å². The van der Waals surface area contributed by atoms with Crippen molar-refractivity contribution < 1.29 is 9.90 Å². The molecule has 1 aliphatic carbocycles. The molecule has 0 bridgehead atoms. The Hall–Kier alpha value is -1.89. The van der Waals surface area contributed by atoms with E-state index in [1.807, 2.05) is 13.8 Å². The molecule has 2 aliphatic rings. The van der Waals surface area contributed by atoms with E-state index in [9.17, 15) is 9.90 Å². The summed E-state index contributed by atoms with van der Waals surface area (Å²) in [6.07, 6.45) is 2.26. The number of nitrogens with two attached hydrogens (primary N) is 2. The topological polar surface area (TPSA) is 118 Å². The van der Waals surface area contributed by atoms with Crippen molar-refractivity contribution in [3.05, 3.63) is 17.0 Å². The van der Waals surface area contributed by atoms with Gasteiger partial charge >= 0.3 is 6.03 Å². The maximum Gasteiger partial charge on any atom is 0.315 e. The van der Waals surface area contributed by atoms with E-state index >= 15 is 0 Å². The predicted molar refractivity (Wildman–Crippen MR) is 72.3 cm³/mol. The van der Waals surface area contributed by atoms with Crippen molar-refractivity contribution in [2.45, 2.75) is 50.8 Å². The second-order valence-electron chi connectivity index (χ2n) is 6.12. The Morgan fingerprint density at radius 1 is 1.35 bits per heavy atom. The van der Waals surface area contributed by atoms with Crippen LogP contribution >= 0.6 is 0 Å². The Labute approximate surface area is 117 Å². The molecule has 0 radical (unpaired) electrons. The van der Waals surface area contributed by atoms with Crippen molar-refractivity contribution in [3.63, 3.8) is 0 Å². The summed E-state index contributed by atoms with van der Waals surface area (Å²) in [5.41, 5.74) is 11.6. The molecule has 3 rings (SSSR count). The highest BCUT2D eigenvalue weighted by atomic mass is 16.3. The summed E-state index contributed by atoms with van der Waals surface area (Å²) in [5.74, 6) is 0.126. The molecule has 108 valence electrons. The molecule has 0 aromatic carbocycles. The maximum atomic E-state index is 11.6. The summed E-state index contributed by atoms with van der Waals surface area (Å²) in [4.78, 5) is 21.6. The number of hydrogen-bond donors (Lipinski definition) is 3. The Morgan fingerprint density at radius 3 is 2.50 bits per heavy atom. The molecule has 1 aromatic heterocycles. The zero-order chi connectivity index (χ0) is 14.7. The molecule has 0 atom stereocenters. The SMILES string of the molecule is CC1(C)c2c(nc(N)nc2C2(O)CCC2)CN1C(N)=O. The number of fused-ring (bicyclic) bond motifs is 1. The first-order valence-electron chi connectivity index (χ1n) is 6.72. The standard InChI is InChI=1S/C13H19N5O2/c1-12(2)8-7(6-18(12)11(15)19)16-10(14)17-9(8)13(20)4-3-5-13/h20H,3-6H2,1-2H3,(H2,15,19)(H2,14,16,17). The van der Waals surface area contributed by atoms with Crippen LogP contribution in [-0.4, -0.2) is 26.0 Å². The van der Waals surface area contributed by atoms with Gasteiger partial charge in [0.1, 0.15) is 5.60 Å². The van der Waals surface area contributed by atoms with Crippen LogP contribution in [-0.2, 0) is 17.7 Å². The molecule has 2 heterocycles. The zero-order valence-corrected chi connectivity index (χ0v) is 11.7. The summed E-state index contributed by atoms with van der Waals surface area (Å²) in [6, 6.07) is -0.516. The minimum atomic E-state index is -0.952. The van der Waals surface area contributed by atoms with Crippen molar-refractivity contribution >= 4 is 12.0 Å². The lowest BCUT2D eigenvalue weighted by atomic mass is 9.74. The first-order valence-corrected chi connectivity index (χ1v) is 6.72. The van der Waals surface area contributed by atoms with Gasteiger partial charge in [0.25, 0.3) is 0 Å². The van der Waals surface area contributed by atoms with Crippen LogP contribution in [0.3, 0.4) is 0 Å². The van der Waals surface area contributed by atoms with Gasteiger partial charge in [-0.25, -0.2) is 14.8 Å². The van der Waals surface area contributed by atoms with Gasteiger partial charge in [0.15, 0.2) is 0 Å².